The molecular formula is C21H20ClN3O6S. The molecule has 0 radical (unpaired) electrons. The van der Waals surface area contributed by atoms with Crippen LogP contribution in [0.2, 0.25) is 5.02 Å². The maximum Gasteiger partial charge on any atom is 0.271 e. The zero-order valence-electron chi connectivity index (χ0n) is 17.2. The van der Waals surface area contributed by atoms with Gasteiger partial charge in [0.2, 0.25) is 10.0 Å². The quantitative estimate of drug-likeness (QED) is 0.361. The molecule has 32 heavy (non-hydrogen) atoms. The number of sulfonamides is 1. The number of methoxy groups -OCH3 is 2. The molecule has 9 nitrogen and oxygen atoms in total. The van der Waals surface area contributed by atoms with Gasteiger partial charge in [0.05, 0.1) is 31.9 Å². The molecule has 0 spiro atoms. The third-order valence-corrected chi connectivity index (χ3v) is 5.88. The smallest absolute Gasteiger partial charge is 0.271 e. The maximum absolute atomic E-state index is 12.3. The van der Waals surface area contributed by atoms with Crippen LogP contribution in [0.25, 0.3) is 0 Å². The van der Waals surface area contributed by atoms with E-state index in [0.29, 0.717) is 33.6 Å². The third-order valence-electron chi connectivity index (χ3n) is 4.21. The Hall–Kier alpha value is -3.34. The number of halogens is 1. The molecule has 0 bridgehead atoms. The van der Waals surface area contributed by atoms with E-state index in [1.54, 1.807) is 30.3 Å². The largest absolute Gasteiger partial charge is 0.497 e. The molecule has 0 aliphatic carbocycles. The zero-order valence-corrected chi connectivity index (χ0v) is 18.7. The summed E-state index contributed by atoms with van der Waals surface area (Å²) in [4.78, 5) is 12.4. The number of benzene rings is 2. The SMILES string of the molecule is COc1cc(OC)cc(C(=O)N/N=C\c2ccc(CNS(=O)(=O)c3ccc(Cl)cc3)o2)c1. The number of ether oxygens (including phenoxy) is 2. The molecule has 3 aromatic rings. The van der Waals surface area contributed by atoms with Gasteiger partial charge in [-0.25, -0.2) is 18.6 Å². The average Bonchev–Trinajstić information content (AvgIpc) is 3.25. The van der Waals surface area contributed by atoms with Crippen LogP contribution in [-0.2, 0) is 16.6 Å². The first kappa shape index (κ1) is 23.3. The van der Waals surface area contributed by atoms with Crippen LogP contribution < -0.4 is 19.6 Å². The molecule has 0 unspecified atom stereocenters. The summed E-state index contributed by atoms with van der Waals surface area (Å²) in [6.45, 7) is -0.0608. The maximum atomic E-state index is 12.3. The van der Waals surface area contributed by atoms with Crippen molar-refractivity contribution in [2.24, 2.45) is 5.10 Å². The fraction of sp³-hybridized carbons (Fsp3) is 0.143. The van der Waals surface area contributed by atoms with E-state index in [-0.39, 0.29) is 11.4 Å². The molecule has 0 fully saturated rings. The number of hydrogen-bond donors (Lipinski definition) is 2. The van der Waals surface area contributed by atoms with Crippen molar-refractivity contribution < 1.29 is 27.1 Å². The molecular weight excluding hydrogens is 458 g/mol. The van der Waals surface area contributed by atoms with Gasteiger partial charge in [0.1, 0.15) is 23.0 Å². The summed E-state index contributed by atoms with van der Waals surface area (Å²) in [5.41, 5.74) is 2.68. The third kappa shape index (κ3) is 6.10. The Kier molecular flexibility index (Phi) is 7.52. The highest BCUT2D eigenvalue weighted by Crippen LogP contribution is 2.22. The van der Waals surface area contributed by atoms with Crippen molar-refractivity contribution in [3.8, 4) is 11.5 Å². The van der Waals surface area contributed by atoms with E-state index in [9.17, 15) is 13.2 Å². The molecule has 0 aliphatic heterocycles. The molecule has 11 heteroatoms. The van der Waals surface area contributed by atoms with Gasteiger partial charge in [-0.2, -0.15) is 5.10 Å². The summed E-state index contributed by atoms with van der Waals surface area (Å²) in [7, 11) is -0.747. The lowest BCUT2D eigenvalue weighted by molar-refractivity contribution is 0.0954. The summed E-state index contributed by atoms with van der Waals surface area (Å²) in [5.74, 6) is 1.16. The topological polar surface area (TPSA) is 119 Å². The number of rotatable bonds is 9. The van der Waals surface area contributed by atoms with Crippen molar-refractivity contribution in [1.29, 1.82) is 0 Å². The fourth-order valence-corrected chi connectivity index (χ4v) is 3.70. The Bertz CT molecular complexity index is 1200. The molecule has 0 atom stereocenters. The van der Waals surface area contributed by atoms with E-state index < -0.39 is 15.9 Å². The number of nitrogens with zero attached hydrogens (tertiary/aromatic N) is 1. The van der Waals surface area contributed by atoms with Gasteiger partial charge in [0, 0.05) is 16.7 Å². The van der Waals surface area contributed by atoms with Crippen LogP contribution in [0.15, 0.2) is 69.0 Å². The molecule has 3 rings (SSSR count). The van der Waals surface area contributed by atoms with Gasteiger partial charge in [-0.1, -0.05) is 11.6 Å². The predicted molar refractivity (Wildman–Crippen MR) is 119 cm³/mol. The van der Waals surface area contributed by atoms with E-state index in [1.165, 1.54) is 44.7 Å². The number of carbonyl (C=O) groups excluding carboxylic acids is 1. The van der Waals surface area contributed by atoms with Gasteiger partial charge in [0.15, 0.2) is 0 Å². The van der Waals surface area contributed by atoms with Gasteiger partial charge in [-0.15, -0.1) is 0 Å². The molecule has 1 amide bonds. The van der Waals surface area contributed by atoms with Gasteiger partial charge in [-0.3, -0.25) is 4.79 Å². The summed E-state index contributed by atoms with van der Waals surface area (Å²) in [5, 5.41) is 4.30. The van der Waals surface area contributed by atoms with Gasteiger partial charge < -0.3 is 13.9 Å². The molecule has 1 heterocycles. The van der Waals surface area contributed by atoms with Crippen LogP contribution in [0.4, 0.5) is 0 Å². The predicted octanol–water partition coefficient (Wildman–Crippen LogP) is 3.19. The van der Waals surface area contributed by atoms with Crippen molar-refractivity contribution in [3.05, 3.63) is 76.7 Å². The van der Waals surface area contributed by atoms with Crippen molar-refractivity contribution in [3.63, 3.8) is 0 Å². The number of hydrazone groups is 1. The zero-order chi connectivity index (χ0) is 23.1. The lowest BCUT2D eigenvalue weighted by Crippen LogP contribution is -2.22. The molecule has 1 aromatic heterocycles. The highest BCUT2D eigenvalue weighted by molar-refractivity contribution is 7.89. The molecule has 168 valence electrons. The second kappa shape index (κ2) is 10.3. The van der Waals surface area contributed by atoms with E-state index in [2.05, 4.69) is 15.2 Å². The molecule has 0 saturated carbocycles. The Morgan fingerprint density at radius 3 is 2.34 bits per heavy atom. The number of hydrogen-bond acceptors (Lipinski definition) is 7. The monoisotopic (exact) mass is 477 g/mol. The van der Waals surface area contributed by atoms with Crippen LogP contribution >= 0.6 is 11.6 Å². The Balaban J connectivity index is 1.58. The van der Waals surface area contributed by atoms with Crippen molar-refractivity contribution in [2.45, 2.75) is 11.4 Å². The van der Waals surface area contributed by atoms with Crippen molar-refractivity contribution in [2.75, 3.05) is 14.2 Å². The second-order valence-electron chi connectivity index (χ2n) is 6.38. The minimum atomic E-state index is -3.72. The van der Waals surface area contributed by atoms with Gasteiger partial charge in [-0.05, 0) is 48.5 Å². The number of carbonyl (C=O) groups is 1. The molecule has 2 aromatic carbocycles. The number of furan rings is 1. The molecule has 2 N–H and O–H groups in total. The van der Waals surface area contributed by atoms with E-state index >= 15 is 0 Å². The molecule has 0 saturated heterocycles. The van der Waals surface area contributed by atoms with Crippen molar-refractivity contribution in [1.82, 2.24) is 10.1 Å². The standard InChI is InChI=1S/C21H20ClN3O6S/c1-29-18-9-14(10-19(11-18)30-2)21(26)25-23-12-16-5-6-17(31-16)13-24-32(27,28)20-7-3-15(22)4-8-20/h3-12,24H,13H2,1-2H3,(H,25,26)/b23-12-. The van der Waals surface area contributed by atoms with Crippen LogP contribution in [0.5, 0.6) is 11.5 Å². The number of nitrogens with one attached hydrogen (secondary N) is 2. The van der Waals surface area contributed by atoms with Crippen LogP contribution in [-0.4, -0.2) is 34.8 Å². The minimum absolute atomic E-state index is 0.0608. The first-order chi connectivity index (χ1) is 15.3. The minimum Gasteiger partial charge on any atom is -0.497 e. The van der Waals surface area contributed by atoms with Crippen molar-refractivity contribution >= 4 is 33.7 Å². The second-order valence-corrected chi connectivity index (χ2v) is 8.59. The Morgan fingerprint density at radius 2 is 1.72 bits per heavy atom. The lowest BCUT2D eigenvalue weighted by Gasteiger charge is -2.07. The summed E-state index contributed by atoms with van der Waals surface area (Å²) in [6.07, 6.45) is 1.30. The Labute approximate surface area is 190 Å². The fourth-order valence-electron chi connectivity index (χ4n) is 2.58. The van der Waals surface area contributed by atoms with E-state index in [4.69, 9.17) is 25.5 Å². The number of amides is 1. The highest BCUT2D eigenvalue weighted by atomic mass is 35.5. The summed E-state index contributed by atoms with van der Waals surface area (Å²) >= 11 is 5.78. The van der Waals surface area contributed by atoms with Crippen LogP contribution in [0.1, 0.15) is 21.9 Å². The van der Waals surface area contributed by atoms with Crippen LogP contribution in [0.3, 0.4) is 0 Å². The summed E-state index contributed by atoms with van der Waals surface area (Å²) in [6, 6.07) is 13.7. The lowest BCUT2D eigenvalue weighted by atomic mass is 10.2. The summed E-state index contributed by atoms with van der Waals surface area (Å²) < 4.78 is 42.8. The first-order valence-corrected chi connectivity index (χ1v) is 11.1. The average molecular weight is 478 g/mol. The first-order valence-electron chi connectivity index (χ1n) is 9.21. The van der Waals surface area contributed by atoms with Gasteiger partial charge in [0.25, 0.3) is 5.91 Å². The van der Waals surface area contributed by atoms with E-state index in [0.717, 1.165) is 0 Å². The normalized spacial score (nSPS) is 11.5. The highest BCUT2D eigenvalue weighted by Gasteiger charge is 2.14. The Morgan fingerprint density at radius 1 is 1.06 bits per heavy atom. The van der Waals surface area contributed by atoms with Gasteiger partial charge >= 0.3 is 0 Å². The van der Waals surface area contributed by atoms with E-state index in [1.807, 2.05) is 0 Å². The van der Waals surface area contributed by atoms with Crippen LogP contribution in [0, 0.1) is 0 Å². The molecule has 0 aliphatic rings.